The quantitative estimate of drug-likeness (QED) is 0.860. The largest absolute Gasteiger partial charge is 0.457 e. The fourth-order valence-corrected chi connectivity index (χ4v) is 2.00. The molecule has 0 saturated carbocycles. The Bertz CT molecular complexity index is 681. The topological polar surface area (TPSA) is 67.4 Å². The number of benzene rings is 2. The molecule has 0 fully saturated rings. The van der Waals surface area contributed by atoms with Gasteiger partial charge in [0.2, 0.25) is 11.8 Å². The first-order valence-corrected chi connectivity index (χ1v) is 7.42. The molecule has 120 valence electrons. The third-order valence-corrected chi connectivity index (χ3v) is 3.09. The van der Waals surface area contributed by atoms with Crippen LogP contribution in [0.4, 0.5) is 5.69 Å². The summed E-state index contributed by atoms with van der Waals surface area (Å²) in [6, 6.07) is 14.9. The van der Waals surface area contributed by atoms with Gasteiger partial charge in [-0.2, -0.15) is 0 Å². The first-order chi connectivity index (χ1) is 11.0. The van der Waals surface area contributed by atoms with Crippen molar-refractivity contribution in [2.45, 2.75) is 20.3 Å². The third kappa shape index (κ3) is 5.82. The summed E-state index contributed by atoms with van der Waals surface area (Å²) in [5, 5.41) is 5.35. The molecule has 0 atom stereocenters. The predicted octanol–water partition coefficient (Wildman–Crippen LogP) is 3.25. The van der Waals surface area contributed by atoms with E-state index in [9.17, 15) is 9.59 Å². The maximum Gasteiger partial charge on any atom is 0.226 e. The van der Waals surface area contributed by atoms with E-state index in [-0.39, 0.29) is 18.2 Å². The van der Waals surface area contributed by atoms with E-state index in [0.717, 1.165) is 11.3 Å². The van der Waals surface area contributed by atoms with Gasteiger partial charge in [0.25, 0.3) is 0 Å². The predicted molar refractivity (Wildman–Crippen MR) is 89.6 cm³/mol. The van der Waals surface area contributed by atoms with Crippen molar-refractivity contribution in [1.29, 1.82) is 0 Å². The van der Waals surface area contributed by atoms with Crippen LogP contribution < -0.4 is 15.4 Å². The van der Waals surface area contributed by atoms with Crippen molar-refractivity contribution < 1.29 is 14.3 Å². The van der Waals surface area contributed by atoms with Gasteiger partial charge in [-0.25, -0.2) is 0 Å². The number of nitrogens with one attached hydrogen (secondary N) is 2. The highest BCUT2D eigenvalue weighted by atomic mass is 16.5. The Morgan fingerprint density at radius 1 is 1.04 bits per heavy atom. The lowest BCUT2D eigenvalue weighted by Gasteiger charge is -2.09. The number of anilines is 1. The van der Waals surface area contributed by atoms with Crippen molar-refractivity contribution in [3.8, 4) is 11.5 Å². The van der Waals surface area contributed by atoms with Crippen LogP contribution in [-0.2, 0) is 9.59 Å². The molecule has 5 nitrogen and oxygen atoms in total. The van der Waals surface area contributed by atoms with E-state index in [1.807, 2.05) is 31.2 Å². The second kappa shape index (κ2) is 7.98. The van der Waals surface area contributed by atoms with Gasteiger partial charge in [0.1, 0.15) is 11.5 Å². The Kier molecular flexibility index (Phi) is 5.74. The van der Waals surface area contributed by atoms with Crippen LogP contribution in [0.15, 0.2) is 48.5 Å². The fraction of sp³-hybridized carbons (Fsp3) is 0.222. The number of ether oxygens (including phenoxy) is 1. The SMILES string of the molecule is CC(=O)NCCC(=O)Nc1ccc(Oc2cccc(C)c2)cc1. The zero-order chi connectivity index (χ0) is 16.7. The zero-order valence-electron chi connectivity index (χ0n) is 13.3. The van der Waals surface area contributed by atoms with E-state index in [1.165, 1.54) is 6.92 Å². The summed E-state index contributed by atoms with van der Waals surface area (Å²) in [6.07, 6.45) is 0.237. The monoisotopic (exact) mass is 312 g/mol. The molecular weight excluding hydrogens is 292 g/mol. The molecule has 2 aromatic carbocycles. The molecule has 0 aliphatic rings. The van der Waals surface area contributed by atoms with Crippen molar-refractivity contribution in [3.05, 3.63) is 54.1 Å². The lowest BCUT2D eigenvalue weighted by Crippen LogP contribution is -2.25. The molecule has 2 rings (SSSR count). The van der Waals surface area contributed by atoms with Gasteiger partial charge in [0.15, 0.2) is 0 Å². The molecule has 5 heteroatoms. The Labute approximate surface area is 135 Å². The van der Waals surface area contributed by atoms with Crippen molar-refractivity contribution in [3.63, 3.8) is 0 Å². The number of hydrogen-bond donors (Lipinski definition) is 2. The van der Waals surface area contributed by atoms with Crippen LogP contribution in [-0.4, -0.2) is 18.4 Å². The summed E-state index contributed by atoms with van der Waals surface area (Å²) >= 11 is 0. The zero-order valence-corrected chi connectivity index (χ0v) is 13.3. The van der Waals surface area contributed by atoms with Gasteiger partial charge in [-0.3, -0.25) is 9.59 Å². The average molecular weight is 312 g/mol. The maximum atomic E-state index is 11.7. The molecular formula is C18H20N2O3. The second-order valence-corrected chi connectivity index (χ2v) is 5.22. The molecule has 2 N–H and O–H groups in total. The molecule has 0 aromatic heterocycles. The van der Waals surface area contributed by atoms with Gasteiger partial charge in [-0.05, 0) is 48.9 Å². The Morgan fingerprint density at radius 3 is 2.43 bits per heavy atom. The minimum atomic E-state index is -0.147. The number of rotatable bonds is 6. The summed E-state index contributed by atoms with van der Waals surface area (Å²) in [4.78, 5) is 22.4. The molecule has 2 aromatic rings. The second-order valence-electron chi connectivity index (χ2n) is 5.22. The summed E-state index contributed by atoms with van der Waals surface area (Å²) in [7, 11) is 0. The fourth-order valence-electron chi connectivity index (χ4n) is 2.00. The van der Waals surface area contributed by atoms with E-state index in [4.69, 9.17) is 4.74 Å². The highest BCUT2D eigenvalue weighted by Gasteiger charge is 2.03. The van der Waals surface area contributed by atoms with Crippen molar-refractivity contribution in [1.82, 2.24) is 5.32 Å². The lowest BCUT2D eigenvalue weighted by molar-refractivity contribution is -0.119. The number of carbonyl (C=O) groups excluding carboxylic acids is 2. The van der Waals surface area contributed by atoms with E-state index in [1.54, 1.807) is 24.3 Å². The van der Waals surface area contributed by atoms with Crippen LogP contribution in [0, 0.1) is 6.92 Å². The summed E-state index contributed by atoms with van der Waals surface area (Å²) in [6.45, 7) is 3.76. The number of carbonyl (C=O) groups is 2. The number of aryl methyl sites for hydroxylation is 1. The number of amides is 2. The van der Waals surface area contributed by atoms with Gasteiger partial charge >= 0.3 is 0 Å². The van der Waals surface area contributed by atoms with Gasteiger partial charge in [0, 0.05) is 25.6 Å². The molecule has 2 amide bonds. The Morgan fingerprint density at radius 2 is 1.78 bits per heavy atom. The Hall–Kier alpha value is -2.82. The smallest absolute Gasteiger partial charge is 0.226 e. The maximum absolute atomic E-state index is 11.7. The summed E-state index contributed by atoms with van der Waals surface area (Å²) in [5.41, 5.74) is 1.82. The molecule has 23 heavy (non-hydrogen) atoms. The molecule has 0 heterocycles. The molecule has 0 aliphatic heterocycles. The van der Waals surface area contributed by atoms with E-state index in [2.05, 4.69) is 10.6 Å². The highest BCUT2D eigenvalue weighted by Crippen LogP contribution is 2.23. The van der Waals surface area contributed by atoms with E-state index in [0.29, 0.717) is 18.0 Å². The Balaban J connectivity index is 1.86. The first-order valence-electron chi connectivity index (χ1n) is 7.42. The summed E-state index contributed by atoms with van der Waals surface area (Å²) < 4.78 is 5.75. The standard InChI is InChI=1S/C18H20N2O3/c1-13-4-3-5-17(12-13)23-16-8-6-15(7-9-16)20-18(22)10-11-19-14(2)21/h3-9,12H,10-11H2,1-2H3,(H,19,21)(H,20,22). The van der Waals surface area contributed by atoms with Crippen LogP contribution in [0.1, 0.15) is 18.9 Å². The van der Waals surface area contributed by atoms with Crippen molar-refractivity contribution >= 4 is 17.5 Å². The molecule has 0 bridgehead atoms. The first kappa shape index (κ1) is 16.5. The molecule has 0 radical (unpaired) electrons. The van der Waals surface area contributed by atoms with Gasteiger partial charge < -0.3 is 15.4 Å². The van der Waals surface area contributed by atoms with Crippen molar-refractivity contribution in [2.24, 2.45) is 0 Å². The normalized spacial score (nSPS) is 10.0. The van der Waals surface area contributed by atoms with Crippen LogP contribution in [0.3, 0.4) is 0 Å². The third-order valence-electron chi connectivity index (χ3n) is 3.09. The van der Waals surface area contributed by atoms with Gasteiger partial charge in [-0.1, -0.05) is 12.1 Å². The average Bonchev–Trinajstić information content (AvgIpc) is 2.49. The molecule has 0 aliphatic carbocycles. The van der Waals surface area contributed by atoms with E-state index >= 15 is 0 Å². The van der Waals surface area contributed by atoms with Crippen LogP contribution in [0.5, 0.6) is 11.5 Å². The summed E-state index contributed by atoms with van der Waals surface area (Å²) in [5.74, 6) is 1.19. The molecule has 0 unspecified atom stereocenters. The molecule has 0 saturated heterocycles. The van der Waals surface area contributed by atoms with Crippen molar-refractivity contribution in [2.75, 3.05) is 11.9 Å². The lowest BCUT2D eigenvalue weighted by atomic mass is 10.2. The van der Waals surface area contributed by atoms with E-state index < -0.39 is 0 Å². The van der Waals surface area contributed by atoms with Gasteiger partial charge in [-0.15, -0.1) is 0 Å². The van der Waals surface area contributed by atoms with Gasteiger partial charge in [0.05, 0.1) is 0 Å². The minimum Gasteiger partial charge on any atom is -0.457 e. The van der Waals surface area contributed by atoms with Crippen LogP contribution in [0.25, 0.3) is 0 Å². The highest BCUT2D eigenvalue weighted by molar-refractivity contribution is 5.91. The van der Waals surface area contributed by atoms with Crippen LogP contribution in [0.2, 0.25) is 0 Å². The minimum absolute atomic E-state index is 0.143. The number of hydrogen-bond acceptors (Lipinski definition) is 3. The van der Waals surface area contributed by atoms with Crippen LogP contribution >= 0.6 is 0 Å². The molecule has 0 spiro atoms.